The quantitative estimate of drug-likeness (QED) is 0.334. The van der Waals surface area contributed by atoms with E-state index in [9.17, 15) is 9.59 Å². The summed E-state index contributed by atoms with van der Waals surface area (Å²) in [5.41, 5.74) is 10.2. The van der Waals surface area contributed by atoms with E-state index >= 15 is 0 Å². The zero-order valence-corrected chi connectivity index (χ0v) is 20.7. The van der Waals surface area contributed by atoms with Gasteiger partial charge in [-0.2, -0.15) is 0 Å². The van der Waals surface area contributed by atoms with E-state index in [0.717, 1.165) is 27.8 Å². The van der Waals surface area contributed by atoms with Gasteiger partial charge >= 0.3 is 6.09 Å². The molecule has 1 heterocycles. The summed E-state index contributed by atoms with van der Waals surface area (Å²) in [5.74, 6) is 0.282. The van der Waals surface area contributed by atoms with Crippen molar-refractivity contribution in [3.8, 4) is 11.1 Å². The first-order chi connectivity index (χ1) is 16.5. The predicted molar refractivity (Wildman–Crippen MR) is 144 cm³/mol. The first-order valence-electron chi connectivity index (χ1n) is 11.4. The van der Waals surface area contributed by atoms with Gasteiger partial charge in [0.2, 0.25) is 0 Å². The Bertz CT molecular complexity index is 1350. The number of anilines is 1. The molecule has 182 valence electrons. The molecule has 0 bridgehead atoms. The number of hydrogen-bond acceptors (Lipinski definition) is 4. The van der Waals surface area contributed by atoms with Crippen LogP contribution in [0.2, 0.25) is 0 Å². The van der Waals surface area contributed by atoms with Crippen molar-refractivity contribution in [2.24, 2.45) is 11.7 Å². The average Bonchev–Trinajstić information content (AvgIpc) is 2.85. The maximum absolute atomic E-state index is 13.4. The number of benzene rings is 3. The second-order valence-electron chi connectivity index (χ2n) is 8.65. The summed E-state index contributed by atoms with van der Waals surface area (Å²) in [5, 5.41) is 4.12. The normalized spacial score (nSPS) is 10.7. The fourth-order valence-corrected chi connectivity index (χ4v) is 4.15. The smallest absolute Gasteiger partial charge is 0.411 e. The van der Waals surface area contributed by atoms with Crippen molar-refractivity contribution >= 4 is 35.0 Å². The highest BCUT2D eigenvalue weighted by Gasteiger charge is 2.18. The van der Waals surface area contributed by atoms with Gasteiger partial charge in [0.25, 0.3) is 5.56 Å². The molecule has 0 saturated carbocycles. The number of amides is 1. The van der Waals surface area contributed by atoms with Crippen molar-refractivity contribution in [3.63, 3.8) is 0 Å². The van der Waals surface area contributed by atoms with Crippen molar-refractivity contribution in [2.45, 2.75) is 33.5 Å². The summed E-state index contributed by atoms with van der Waals surface area (Å²) >= 11 is 0. The molecule has 1 aromatic heterocycles. The molecule has 0 aliphatic carbocycles. The van der Waals surface area contributed by atoms with Crippen LogP contribution in [-0.2, 0) is 24.4 Å². The van der Waals surface area contributed by atoms with Crippen LogP contribution in [0.3, 0.4) is 0 Å². The summed E-state index contributed by atoms with van der Waals surface area (Å²) in [6, 6.07) is 24.7. The SMILES string of the molecule is CC(C)Cn1c(CN)c(-c2ccccc2)c2cc(NC(=O)OCc3ccccc3)ccc2c1=O.Cl. The van der Waals surface area contributed by atoms with Crippen molar-refractivity contribution in [1.82, 2.24) is 4.57 Å². The lowest BCUT2D eigenvalue weighted by Crippen LogP contribution is -2.28. The van der Waals surface area contributed by atoms with Gasteiger partial charge in [-0.15, -0.1) is 12.4 Å². The molecule has 3 aromatic carbocycles. The van der Waals surface area contributed by atoms with Crippen LogP contribution in [0.25, 0.3) is 21.9 Å². The Kier molecular flexibility index (Phi) is 8.68. The molecule has 0 spiro atoms. The van der Waals surface area contributed by atoms with Gasteiger partial charge in [-0.1, -0.05) is 74.5 Å². The van der Waals surface area contributed by atoms with Crippen molar-refractivity contribution in [1.29, 1.82) is 0 Å². The number of rotatable bonds is 7. The van der Waals surface area contributed by atoms with Crippen LogP contribution in [0.5, 0.6) is 0 Å². The fourth-order valence-electron chi connectivity index (χ4n) is 4.15. The van der Waals surface area contributed by atoms with E-state index in [1.165, 1.54) is 0 Å². The van der Waals surface area contributed by atoms with Crippen LogP contribution in [0.1, 0.15) is 25.1 Å². The number of halogens is 1. The van der Waals surface area contributed by atoms with Gasteiger partial charge < -0.3 is 15.0 Å². The minimum atomic E-state index is -0.559. The number of nitrogens with one attached hydrogen (secondary N) is 1. The zero-order chi connectivity index (χ0) is 24.1. The van der Waals surface area contributed by atoms with Gasteiger partial charge in [-0.3, -0.25) is 10.1 Å². The Morgan fingerprint density at radius 2 is 1.63 bits per heavy atom. The Balaban J connectivity index is 0.00000342. The topological polar surface area (TPSA) is 86.3 Å². The average molecular weight is 492 g/mol. The third kappa shape index (κ3) is 5.91. The van der Waals surface area contributed by atoms with Gasteiger partial charge in [0.05, 0.1) is 0 Å². The molecule has 0 aliphatic heterocycles. The predicted octanol–water partition coefficient (Wildman–Crippen LogP) is 5.95. The molecular weight excluding hydrogens is 462 g/mol. The van der Waals surface area contributed by atoms with E-state index in [1.54, 1.807) is 16.7 Å². The van der Waals surface area contributed by atoms with E-state index in [-0.39, 0.29) is 37.0 Å². The minimum Gasteiger partial charge on any atom is -0.444 e. The number of aromatic nitrogens is 1. The summed E-state index contributed by atoms with van der Waals surface area (Å²) in [6.07, 6.45) is -0.559. The Morgan fingerprint density at radius 1 is 0.971 bits per heavy atom. The molecule has 0 saturated heterocycles. The molecule has 0 aliphatic rings. The van der Waals surface area contributed by atoms with Crippen molar-refractivity contribution in [3.05, 3.63) is 100 Å². The summed E-state index contributed by atoms with van der Waals surface area (Å²) in [4.78, 5) is 25.8. The third-order valence-electron chi connectivity index (χ3n) is 5.64. The number of fused-ring (bicyclic) bond motifs is 1. The summed E-state index contributed by atoms with van der Waals surface area (Å²) in [7, 11) is 0. The van der Waals surface area contributed by atoms with Gasteiger partial charge in [-0.25, -0.2) is 4.79 Å². The Hall–Kier alpha value is -3.61. The molecule has 6 nitrogen and oxygen atoms in total. The first kappa shape index (κ1) is 26.0. The number of carbonyl (C=O) groups is 1. The second-order valence-corrected chi connectivity index (χ2v) is 8.65. The molecule has 0 atom stereocenters. The molecule has 0 fully saturated rings. The van der Waals surface area contributed by atoms with Crippen LogP contribution in [-0.4, -0.2) is 10.7 Å². The Morgan fingerprint density at radius 3 is 2.26 bits per heavy atom. The van der Waals surface area contributed by atoms with Gasteiger partial charge in [0, 0.05) is 35.4 Å². The monoisotopic (exact) mass is 491 g/mol. The summed E-state index contributed by atoms with van der Waals surface area (Å²) in [6.45, 7) is 5.12. The number of nitrogens with two attached hydrogens (primary N) is 1. The minimum absolute atomic E-state index is 0. The fraction of sp³-hybridized carbons (Fsp3) is 0.214. The van der Waals surface area contributed by atoms with E-state index in [1.807, 2.05) is 66.7 Å². The molecule has 7 heteroatoms. The molecule has 35 heavy (non-hydrogen) atoms. The standard InChI is InChI=1S/C28H29N3O3.ClH/c1-19(2)17-31-25(16-29)26(21-11-7-4-8-12-21)24-15-22(13-14-23(24)27(31)32)30-28(33)34-18-20-9-5-3-6-10-20;/h3-15,19H,16-18,29H2,1-2H3,(H,30,33);1H. The van der Waals surface area contributed by atoms with Crippen LogP contribution < -0.4 is 16.6 Å². The molecule has 3 N–H and O–H groups in total. The number of hydrogen-bond donors (Lipinski definition) is 2. The lowest BCUT2D eigenvalue weighted by atomic mass is 9.96. The summed E-state index contributed by atoms with van der Waals surface area (Å²) < 4.78 is 7.14. The molecule has 0 radical (unpaired) electrons. The zero-order valence-electron chi connectivity index (χ0n) is 19.9. The lowest BCUT2D eigenvalue weighted by Gasteiger charge is -2.21. The van der Waals surface area contributed by atoms with Crippen LogP contribution in [0, 0.1) is 5.92 Å². The number of nitrogens with zero attached hydrogens (tertiary/aromatic N) is 1. The molecule has 4 aromatic rings. The highest BCUT2D eigenvalue weighted by molar-refractivity contribution is 6.00. The van der Waals surface area contributed by atoms with E-state index in [4.69, 9.17) is 10.5 Å². The van der Waals surface area contributed by atoms with Gasteiger partial charge in [-0.05, 0) is 40.6 Å². The highest BCUT2D eigenvalue weighted by atomic mass is 35.5. The van der Waals surface area contributed by atoms with Gasteiger partial charge in [0.1, 0.15) is 6.61 Å². The number of pyridine rings is 1. The molecule has 4 rings (SSSR count). The largest absolute Gasteiger partial charge is 0.444 e. The van der Waals surface area contributed by atoms with Crippen LogP contribution in [0.4, 0.5) is 10.5 Å². The van der Waals surface area contributed by atoms with E-state index in [0.29, 0.717) is 17.6 Å². The highest BCUT2D eigenvalue weighted by Crippen LogP contribution is 2.32. The van der Waals surface area contributed by atoms with Crippen molar-refractivity contribution < 1.29 is 9.53 Å². The number of ether oxygens (including phenoxy) is 1. The maximum atomic E-state index is 13.4. The Labute approximate surface area is 211 Å². The van der Waals surface area contributed by atoms with E-state index < -0.39 is 6.09 Å². The van der Waals surface area contributed by atoms with Gasteiger partial charge in [0.15, 0.2) is 0 Å². The van der Waals surface area contributed by atoms with Crippen LogP contribution in [0.15, 0.2) is 83.7 Å². The maximum Gasteiger partial charge on any atom is 0.411 e. The van der Waals surface area contributed by atoms with Crippen LogP contribution >= 0.6 is 12.4 Å². The molecule has 0 unspecified atom stereocenters. The number of carbonyl (C=O) groups excluding carboxylic acids is 1. The van der Waals surface area contributed by atoms with Crippen molar-refractivity contribution in [2.75, 3.05) is 5.32 Å². The molecule has 1 amide bonds. The lowest BCUT2D eigenvalue weighted by molar-refractivity contribution is 0.155. The first-order valence-corrected chi connectivity index (χ1v) is 11.4. The van der Waals surface area contributed by atoms with E-state index in [2.05, 4.69) is 19.2 Å². The second kappa shape index (κ2) is 11.7. The molecular formula is C28H30ClN3O3. The third-order valence-corrected chi connectivity index (χ3v) is 5.64.